The molecule has 0 fully saturated rings. The zero-order valence-electron chi connectivity index (χ0n) is 12.7. The number of benzene rings is 1. The van der Waals surface area contributed by atoms with E-state index < -0.39 is 48.6 Å². The smallest absolute Gasteiger partial charge is 0.462 e. The lowest BCUT2D eigenvalue weighted by Crippen LogP contribution is -2.36. The maximum atomic E-state index is 12.9. The Morgan fingerprint density at radius 1 is 1.31 bits per heavy atom. The fraction of sp³-hybridized carbons (Fsp3) is 0.333. The van der Waals surface area contributed by atoms with Gasteiger partial charge in [-0.2, -0.15) is 17.6 Å². The summed E-state index contributed by atoms with van der Waals surface area (Å²) in [5, 5.41) is 24.4. The van der Waals surface area contributed by atoms with E-state index in [2.05, 4.69) is 14.4 Å². The summed E-state index contributed by atoms with van der Waals surface area (Å²) in [6.45, 7) is 0. The highest BCUT2D eigenvalue weighted by Gasteiger charge is 2.44. The van der Waals surface area contributed by atoms with E-state index in [1.807, 2.05) is 0 Å². The number of hydrogen-bond acceptors (Lipinski definition) is 6. The Balaban J connectivity index is 2.13. The Labute approximate surface area is 142 Å². The van der Waals surface area contributed by atoms with E-state index in [9.17, 15) is 37.0 Å². The number of alkyl halides is 4. The second-order valence-corrected chi connectivity index (χ2v) is 5.22. The lowest BCUT2D eigenvalue weighted by atomic mass is 9.92. The third kappa shape index (κ3) is 4.69. The van der Waals surface area contributed by atoms with Gasteiger partial charge in [0.25, 0.3) is 5.88 Å². The summed E-state index contributed by atoms with van der Waals surface area (Å²) in [6, 6.07) is 4.97. The first kappa shape index (κ1) is 19.6. The monoisotopic (exact) mass is 380 g/mol. The van der Waals surface area contributed by atoms with Crippen molar-refractivity contribution in [3.63, 3.8) is 0 Å². The van der Waals surface area contributed by atoms with E-state index >= 15 is 0 Å². The van der Waals surface area contributed by atoms with Crippen molar-refractivity contribution in [2.24, 2.45) is 5.92 Å². The van der Waals surface area contributed by atoms with Gasteiger partial charge < -0.3 is 24.3 Å². The molecule has 0 bridgehead atoms. The Morgan fingerprint density at radius 2 is 1.92 bits per heavy atom. The van der Waals surface area contributed by atoms with Crippen LogP contribution in [0.2, 0.25) is 0 Å². The van der Waals surface area contributed by atoms with Crippen LogP contribution in [0.5, 0.6) is 5.88 Å². The number of nitrogens with zero attached hydrogens (tertiary/aromatic N) is 1. The molecule has 0 amide bonds. The molecule has 0 saturated carbocycles. The summed E-state index contributed by atoms with van der Waals surface area (Å²) in [5.74, 6) is -5.25. The van der Waals surface area contributed by atoms with Gasteiger partial charge in [-0.05, 0) is 22.9 Å². The van der Waals surface area contributed by atoms with Gasteiger partial charge in [-0.1, -0.05) is 12.1 Å². The second-order valence-electron chi connectivity index (χ2n) is 5.22. The fourth-order valence-corrected chi connectivity index (χ4v) is 2.06. The highest BCUT2D eigenvalue weighted by Crippen LogP contribution is 2.29. The number of rotatable bonds is 8. The van der Waals surface area contributed by atoms with Crippen molar-refractivity contribution >= 4 is 5.97 Å². The van der Waals surface area contributed by atoms with Crippen LogP contribution in [0, 0.1) is 11.7 Å². The van der Waals surface area contributed by atoms with Crippen LogP contribution in [0.4, 0.5) is 22.0 Å². The van der Waals surface area contributed by atoms with E-state index in [0.29, 0.717) is 6.07 Å². The molecule has 0 radical (unpaired) electrons. The summed E-state index contributed by atoms with van der Waals surface area (Å²) in [4.78, 5) is 11.3. The number of aliphatic hydroxyl groups is 1. The zero-order chi connectivity index (χ0) is 19.5. The number of carboxylic acids is 1. The predicted octanol–water partition coefficient (Wildman–Crippen LogP) is 1.69. The van der Waals surface area contributed by atoms with Gasteiger partial charge in [0.15, 0.2) is 0 Å². The number of aliphatic carboxylic acids is 1. The maximum Gasteiger partial charge on any atom is 0.462 e. The van der Waals surface area contributed by atoms with Crippen LogP contribution in [0.25, 0.3) is 0 Å². The molecular weight excluding hydrogens is 369 g/mol. The van der Waals surface area contributed by atoms with Crippen LogP contribution in [-0.2, 0) is 11.2 Å². The molecule has 11 heteroatoms. The van der Waals surface area contributed by atoms with Crippen LogP contribution in [0.1, 0.15) is 17.4 Å². The van der Waals surface area contributed by atoms with Crippen LogP contribution in [-0.4, -0.2) is 28.8 Å². The van der Waals surface area contributed by atoms with E-state index in [1.54, 1.807) is 0 Å². The molecule has 1 aromatic carbocycles. The van der Waals surface area contributed by atoms with E-state index in [4.69, 9.17) is 0 Å². The standard InChI is InChI=1S/C15H12F5NO5/c16-8-3-1-7(2-4-8)12(22)10(13(23)24)5-9-6-11(21-26-9)25-15(19,20)14(17)18/h1-4,6,10,12,14,22H,5H2,(H,23,24)/p-1. The van der Waals surface area contributed by atoms with Crippen LogP contribution >= 0.6 is 0 Å². The number of aliphatic hydroxyl groups excluding tert-OH is 1. The molecule has 2 unspecified atom stereocenters. The first-order valence-electron chi connectivity index (χ1n) is 7.05. The van der Waals surface area contributed by atoms with Crippen molar-refractivity contribution in [3.05, 3.63) is 47.5 Å². The molecule has 0 spiro atoms. The number of hydrogen-bond donors (Lipinski definition) is 1. The first-order chi connectivity index (χ1) is 12.1. The summed E-state index contributed by atoms with van der Waals surface area (Å²) in [5.41, 5.74) is 0.0563. The molecule has 26 heavy (non-hydrogen) atoms. The van der Waals surface area contributed by atoms with Crippen LogP contribution < -0.4 is 9.84 Å². The van der Waals surface area contributed by atoms with Gasteiger partial charge in [-0.25, -0.2) is 4.39 Å². The molecule has 0 aliphatic rings. The minimum atomic E-state index is -4.81. The summed E-state index contributed by atoms with van der Waals surface area (Å²) >= 11 is 0. The molecule has 142 valence electrons. The second kappa shape index (κ2) is 7.68. The highest BCUT2D eigenvalue weighted by atomic mass is 19.3. The molecule has 2 aromatic rings. The SMILES string of the molecule is O=C([O-])C(Cc1cc(OC(F)(F)C(F)F)no1)C(O)c1ccc(F)cc1. The van der Waals surface area contributed by atoms with Crippen LogP contribution in [0.15, 0.2) is 34.9 Å². The average Bonchev–Trinajstić information content (AvgIpc) is 2.98. The van der Waals surface area contributed by atoms with Crippen molar-refractivity contribution in [2.75, 3.05) is 0 Å². The van der Waals surface area contributed by atoms with Crippen molar-refractivity contribution in [1.82, 2.24) is 5.16 Å². The summed E-state index contributed by atoms with van der Waals surface area (Å²) in [6.07, 6.45) is -11.1. The average molecular weight is 380 g/mol. The van der Waals surface area contributed by atoms with Crippen molar-refractivity contribution in [1.29, 1.82) is 0 Å². The molecule has 6 nitrogen and oxygen atoms in total. The third-order valence-electron chi connectivity index (χ3n) is 3.35. The molecule has 0 aliphatic carbocycles. The summed E-state index contributed by atoms with van der Waals surface area (Å²) in [7, 11) is 0. The van der Waals surface area contributed by atoms with Gasteiger partial charge in [0.1, 0.15) is 11.6 Å². The fourth-order valence-electron chi connectivity index (χ4n) is 2.06. The third-order valence-corrected chi connectivity index (χ3v) is 3.35. The van der Waals surface area contributed by atoms with E-state index in [0.717, 1.165) is 24.3 Å². The molecule has 0 aliphatic heterocycles. The largest absolute Gasteiger partial charge is 0.550 e. The van der Waals surface area contributed by atoms with Gasteiger partial charge in [0.2, 0.25) is 0 Å². The normalized spacial score (nSPS) is 14.3. The van der Waals surface area contributed by atoms with Gasteiger partial charge in [0.05, 0.1) is 6.10 Å². The maximum absolute atomic E-state index is 12.9. The quantitative estimate of drug-likeness (QED) is 0.701. The molecule has 1 heterocycles. The number of carbonyl (C=O) groups excluding carboxylic acids is 1. The lowest BCUT2D eigenvalue weighted by molar-refractivity contribution is -0.314. The Hall–Kier alpha value is -2.69. The number of carbonyl (C=O) groups is 1. The Kier molecular flexibility index (Phi) is 5.80. The molecule has 1 N–H and O–H groups in total. The minimum absolute atomic E-state index is 0.0563. The number of ether oxygens (including phenoxy) is 1. The molecule has 2 rings (SSSR count). The number of aromatic nitrogens is 1. The molecule has 0 saturated heterocycles. The molecule has 1 aromatic heterocycles. The van der Waals surface area contributed by atoms with Gasteiger partial charge in [-0.15, -0.1) is 0 Å². The number of halogens is 5. The van der Waals surface area contributed by atoms with Crippen LogP contribution in [0.3, 0.4) is 0 Å². The molecular formula is C15H11F5NO5-. The highest BCUT2D eigenvalue weighted by molar-refractivity contribution is 5.69. The summed E-state index contributed by atoms with van der Waals surface area (Å²) < 4.78 is 70.8. The Morgan fingerprint density at radius 3 is 2.46 bits per heavy atom. The van der Waals surface area contributed by atoms with Crippen molar-refractivity contribution in [3.8, 4) is 5.88 Å². The molecule has 2 atom stereocenters. The van der Waals surface area contributed by atoms with E-state index in [1.165, 1.54) is 0 Å². The Bertz CT molecular complexity index is 749. The van der Waals surface area contributed by atoms with Gasteiger partial charge >= 0.3 is 12.5 Å². The predicted molar refractivity (Wildman–Crippen MR) is 71.6 cm³/mol. The minimum Gasteiger partial charge on any atom is -0.550 e. The zero-order valence-corrected chi connectivity index (χ0v) is 12.7. The lowest BCUT2D eigenvalue weighted by Gasteiger charge is -2.23. The van der Waals surface area contributed by atoms with Gasteiger partial charge in [-0.3, -0.25) is 0 Å². The van der Waals surface area contributed by atoms with Crippen molar-refractivity contribution < 1.29 is 46.2 Å². The topological polar surface area (TPSA) is 95.6 Å². The number of carboxylic acid groups (broad SMARTS) is 1. The van der Waals surface area contributed by atoms with E-state index in [-0.39, 0.29) is 11.3 Å². The first-order valence-corrected chi connectivity index (χ1v) is 7.05. The van der Waals surface area contributed by atoms with Gasteiger partial charge in [0, 0.05) is 24.4 Å². The van der Waals surface area contributed by atoms with Crippen molar-refractivity contribution in [2.45, 2.75) is 25.1 Å².